The topological polar surface area (TPSA) is 38.3 Å². The van der Waals surface area contributed by atoms with Crippen molar-refractivity contribution in [2.75, 3.05) is 6.54 Å². The molecule has 1 fully saturated rings. The minimum atomic E-state index is -0.467. The molecule has 1 N–H and O–H groups in total. The second-order valence-electron chi connectivity index (χ2n) is 6.24. The third kappa shape index (κ3) is 4.57. The van der Waals surface area contributed by atoms with Crippen molar-refractivity contribution in [3.8, 4) is 5.75 Å². The summed E-state index contributed by atoms with van der Waals surface area (Å²) in [5.41, 5.74) is 2.30. The van der Waals surface area contributed by atoms with Gasteiger partial charge in [-0.15, -0.1) is 0 Å². The second-order valence-corrected chi connectivity index (χ2v) is 6.24. The standard InChI is InChI=1S/C20H22FNO2/c21-18-9-5-15(6-10-18)13-14-22-20(23)24-19-11-7-17(8-12-19)16-3-1-2-4-16/h5-12,16H,1-4,13-14H2,(H,22,23). The Morgan fingerprint density at radius 2 is 1.71 bits per heavy atom. The van der Waals surface area contributed by atoms with Gasteiger partial charge in [0.15, 0.2) is 0 Å². The van der Waals surface area contributed by atoms with Crippen molar-refractivity contribution in [3.63, 3.8) is 0 Å². The summed E-state index contributed by atoms with van der Waals surface area (Å²) in [4.78, 5) is 11.8. The first-order valence-electron chi connectivity index (χ1n) is 8.51. The molecule has 126 valence electrons. The molecule has 1 saturated carbocycles. The molecule has 2 aromatic carbocycles. The lowest BCUT2D eigenvalue weighted by molar-refractivity contribution is 0.200. The van der Waals surface area contributed by atoms with E-state index in [-0.39, 0.29) is 5.82 Å². The Kier molecular flexibility index (Phi) is 5.47. The van der Waals surface area contributed by atoms with E-state index in [2.05, 4.69) is 17.4 Å². The fourth-order valence-corrected chi connectivity index (χ4v) is 3.17. The minimum Gasteiger partial charge on any atom is -0.410 e. The van der Waals surface area contributed by atoms with Crippen molar-refractivity contribution < 1.29 is 13.9 Å². The number of ether oxygens (including phenoxy) is 1. The number of rotatable bonds is 5. The molecular formula is C20H22FNO2. The van der Waals surface area contributed by atoms with Gasteiger partial charge in [0.2, 0.25) is 0 Å². The fraction of sp³-hybridized carbons (Fsp3) is 0.350. The molecule has 0 atom stereocenters. The van der Waals surface area contributed by atoms with Gasteiger partial charge in [-0.2, -0.15) is 0 Å². The van der Waals surface area contributed by atoms with E-state index in [4.69, 9.17) is 4.74 Å². The van der Waals surface area contributed by atoms with Crippen LogP contribution in [0.2, 0.25) is 0 Å². The lowest BCUT2D eigenvalue weighted by Crippen LogP contribution is -2.28. The Morgan fingerprint density at radius 3 is 2.38 bits per heavy atom. The molecule has 4 heteroatoms. The molecule has 0 bridgehead atoms. The van der Waals surface area contributed by atoms with E-state index in [1.807, 2.05) is 12.1 Å². The summed E-state index contributed by atoms with van der Waals surface area (Å²) < 4.78 is 18.1. The first-order chi connectivity index (χ1) is 11.7. The van der Waals surface area contributed by atoms with E-state index in [1.165, 1.54) is 43.4 Å². The number of hydrogen-bond donors (Lipinski definition) is 1. The number of hydrogen-bond acceptors (Lipinski definition) is 2. The second kappa shape index (κ2) is 7.95. The zero-order chi connectivity index (χ0) is 16.8. The van der Waals surface area contributed by atoms with Crippen molar-refractivity contribution in [1.82, 2.24) is 5.32 Å². The van der Waals surface area contributed by atoms with E-state index in [9.17, 15) is 9.18 Å². The molecular weight excluding hydrogens is 305 g/mol. The number of halogens is 1. The Hall–Kier alpha value is -2.36. The van der Waals surface area contributed by atoms with Gasteiger partial charge >= 0.3 is 6.09 Å². The van der Waals surface area contributed by atoms with Crippen LogP contribution in [0.3, 0.4) is 0 Å². The van der Waals surface area contributed by atoms with Crippen molar-refractivity contribution >= 4 is 6.09 Å². The summed E-state index contributed by atoms with van der Waals surface area (Å²) in [5, 5.41) is 2.71. The minimum absolute atomic E-state index is 0.257. The van der Waals surface area contributed by atoms with Crippen molar-refractivity contribution in [2.45, 2.75) is 38.0 Å². The van der Waals surface area contributed by atoms with Gasteiger partial charge in [-0.25, -0.2) is 9.18 Å². The molecule has 0 radical (unpaired) electrons. The molecule has 24 heavy (non-hydrogen) atoms. The van der Waals surface area contributed by atoms with E-state index >= 15 is 0 Å². The number of benzene rings is 2. The monoisotopic (exact) mass is 327 g/mol. The van der Waals surface area contributed by atoms with Crippen LogP contribution in [-0.2, 0) is 6.42 Å². The van der Waals surface area contributed by atoms with Crippen LogP contribution < -0.4 is 10.1 Å². The molecule has 0 unspecified atom stereocenters. The molecule has 1 amide bonds. The Morgan fingerprint density at radius 1 is 1.04 bits per heavy atom. The number of carbonyl (C=O) groups excluding carboxylic acids is 1. The summed E-state index contributed by atoms with van der Waals surface area (Å²) in [6.45, 7) is 0.449. The number of carbonyl (C=O) groups is 1. The Bertz CT molecular complexity index is 661. The van der Waals surface area contributed by atoms with Crippen molar-refractivity contribution in [1.29, 1.82) is 0 Å². The maximum absolute atomic E-state index is 12.8. The van der Waals surface area contributed by atoms with Gasteiger partial charge in [0.05, 0.1) is 0 Å². The Labute approximate surface area is 141 Å². The third-order valence-corrected chi connectivity index (χ3v) is 4.51. The molecule has 0 heterocycles. The molecule has 2 aromatic rings. The average molecular weight is 327 g/mol. The van der Waals surface area contributed by atoms with Crippen LogP contribution in [0.1, 0.15) is 42.7 Å². The number of amides is 1. The maximum Gasteiger partial charge on any atom is 0.412 e. The zero-order valence-electron chi connectivity index (χ0n) is 13.6. The normalized spacial score (nSPS) is 14.5. The van der Waals surface area contributed by atoms with Crippen LogP contribution in [-0.4, -0.2) is 12.6 Å². The van der Waals surface area contributed by atoms with Crippen LogP contribution in [0.15, 0.2) is 48.5 Å². The van der Waals surface area contributed by atoms with Gasteiger partial charge in [0, 0.05) is 6.54 Å². The molecule has 3 rings (SSSR count). The molecule has 3 nitrogen and oxygen atoms in total. The first-order valence-corrected chi connectivity index (χ1v) is 8.51. The summed E-state index contributed by atoms with van der Waals surface area (Å²) >= 11 is 0. The summed E-state index contributed by atoms with van der Waals surface area (Å²) in [6, 6.07) is 14.1. The quantitative estimate of drug-likeness (QED) is 0.855. The molecule has 0 aromatic heterocycles. The van der Waals surface area contributed by atoms with Crippen molar-refractivity contribution in [3.05, 3.63) is 65.5 Å². The molecule has 0 saturated heterocycles. The highest BCUT2D eigenvalue weighted by Crippen LogP contribution is 2.34. The average Bonchev–Trinajstić information content (AvgIpc) is 3.12. The number of nitrogens with one attached hydrogen (secondary N) is 1. The third-order valence-electron chi connectivity index (χ3n) is 4.51. The molecule has 1 aliphatic carbocycles. The van der Waals surface area contributed by atoms with E-state index in [1.54, 1.807) is 12.1 Å². The maximum atomic E-state index is 12.8. The highest BCUT2D eigenvalue weighted by molar-refractivity contribution is 5.70. The van der Waals surface area contributed by atoms with Gasteiger partial charge in [0.1, 0.15) is 11.6 Å². The zero-order valence-corrected chi connectivity index (χ0v) is 13.6. The van der Waals surface area contributed by atoms with Crippen LogP contribution in [0.25, 0.3) is 0 Å². The molecule has 0 aliphatic heterocycles. The lowest BCUT2D eigenvalue weighted by atomic mass is 9.98. The molecule has 1 aliphatic rings. The predicted octanol–water partition coefficient (Wildman–Crippen LogP) is 4.81. The highest BCUT2D eigenvalue weighted by Gasteiger charge is 2.16. The predicted molar refractivity (Wildman–Crippen MR) is 91.8 cm³/mol. The van der Waals surface area contributed by atoms with Crippen LogP contribution >= 0.6 is 0 Å². The Balaban J connectivity index is 1.43. The van der Waals surface area contributed by atoms with Gasteiger partial charge in [0.25, 0.3) is 0 Å². The van der Waals surface area contributed by atoms with E-state index in [0.717, 1.165) is 5.56 Å². The highest BCUT2D eigenvalue weighted by atomic mass is 19.1. The van der Waals surface area contributed by atoms with Crippen LogP contribution in [0.5, 0.6) is 5.75 Å². The van der Waals surface area contributed by atoms with E-state index in [0.29, 0.717) is 24.6 Å². The fourth-order valence-electron chi connectivity index (χ4n) is 3.17. The van der Waals surface area contributed by atoms with Crippen molar-refractivity contribution in [2.24, 2.45) is 0 Å². The first kappa shape index (κ1) is 16.5. The molecule has 0 spiro atoms. The van der Waals surface area contributed by atoms with Crippen LogP contribution in [0, 0.1) is 5.82 Å². The van der Waals surface area contributed by atoms with Crippen LogP contribution in [0.4, 0.5) is 9.18 Å². The summed E-state index contributed by atoms with van der Waals surface area (Å²) in [5.74, 6) is 0.951. The van der Waals surface area contributed by atoms with Gasteiger partial charge in [-0.05, 0) is 60.6 Å². The summed E-state index contributed by atoms with van der Waals surface area (Å²) in [7, 11) is 0. The van der Waals surface area contributed by atoms with Gasteiger partial charge < -0.3 is 10.1 Å². The van der Waals surface area contributed by atoms with E-state index < -0.39 is 6.09 Å². The smallest absolute Gasteiger partial charge is 0.410 e. The SMILES string of the molecule is O=C(NCCc1ccc(F)cc1)Oc1ccc(C2CCCC2)cc1. The largest absolute Gasteiger partial charge is 0.412 e. The van der Waals surface area contributed by atoms with Gasteiger partial charge in [-0.3, -0.25) is 0 Å². The summed E-state index contributed by atoms with van der Waals surface area (Å²) in [6.07, 6.45) is 5.29. The van der Waals surface area contributed by atoms with Gasteiger partial charge in [-0.1, -0.05) is 37.1 Å². The lowest BCUT2D eigenvalue weighted by Gasteiger charge is -2.11.